The van der Waals surface area contributed by atoms with Crippen LogP contribution in [0.3, 0.4) is 0 Å². The Kier molecular flexibility index (Phi) is 3.94. The van der Waals surface area contributed by atoms with Crippen LogP contribution in [0, 0.1) is 6.92 Å². The Morgan fingerprint density at radius 3 is 3.00 bits per heavy atom. The molecule has 0 aliphatic carbocycles. The van der Waals surface area contributed by atoms with E-state index in [-0.39, 0.29) is 11.7 Å². The number of phenols is 1. The minimum absolute atomic E-state index is 0.0956. The number of rotatable bonds is 4. The SMILES string of the molecule is Cc1csc(CCNC(=O)c2cccc(O)c2)n1. The number of nitrogens with zero attached hydrogens (tertiary/aromatic N) is 1. The van der Waals surface area contributed by atoms with Crippen LogP contribution in [0.4, 0.5) is 0 Å². The number of phenolic OH excluding ortho intramolecular Hbond substituents is 1. The van der Waals surface area contributed by atoms with Gasteiger partial charge >= 0.3 is 0 Å². The zero-order valence-corrected chi connectivity index (χ0v) is 10.8. The number of thiazole rings is 1. The van der Waals surface area contributed by atoms with Crippen LogP contribution in [0.2, 0.25) is 0 Å². The number of carbonyl (C=O) groups excluding carboxylic acids is 1. The maximum absolute atomic E-state index is 11.8. The average molecular weight is 262 g/mol. The molecule has 1 aromatic heterocycles. The highest BCUT2D eigenvalue weighted by Gasteiger charge is 2.06. The Hall–Kier alpha value is -1.88. The molecule has 0 radical (unpaired) electrons. The smallest absolute Gasteiger partial charge is 0.251 e. The van der Waals surface area contributed by atoms with Gasteiger partial charge in [0.25, 0.3) is 5.91 Å². The van der Waals surface area contributed by atoms with Crippen LogP contribution in [0.25, 0.3) is 0 Å². The number of hydrogen-bond donors (Lipinski definition) is 2. The monoisotopic (exact) mass is 262 g/mol. The molecule has 0 spiro atoms. The topological polar surface area (TPSA) is 62.2 Å². The summed E-state index contributed by atoms with van der Waals surface area (Å²) >= 11 is 1.60. The quantitative estimate of drug-likeness (QED) is 0.887. The molecule has 2 aromatic rings. The predicted molar refractivity (Wildman–Crippen MR) is 71.0 cm³/mol. The van der Waals surface area contributed by atoms with Gasteiger partial charge in [-0.1, -0.05) is 6.07 Å². The van der Waals surface area contributed by atoms with Crippen molar-refractivity contribution in [2.24, 2.45) is 0 Å². The summed E-state index contributed by atoms with van der Waals surface area (Å²) in [5.74, 6) is -0.0858. The maximum Gasteiger partial charge on any atom is 0.251 e. The number of carbonyl (C=O) groups is 1. The normalized spacial score (nSPS) is 10.3. The summed E-state index contributed by atoms with van der Waals surface area (Å²) in [7, 11) is 0. The van der Waals surface area contributed by atoms with E-state index in [2.05, 4.69) is 10.3 Å². The summed E-state index contributed by atoms with van der Waals surface area (Å²) in [6.45, 7) is 2.49. The van der Waals surface area contributed by atoms with Crippen LogP contribution < -0.4 is 5.32 Å². The summed E-state index contributed by atoms with van der Waals surface area (Å²) < 4.78 is 0. The molecule has 0 saturated heterocycles. The van der Waals surface area contributed by atoms with E-state index in [0.29, 0.717) is 12.1 Å². The van der Waals surface area contributed by atoms with Crippen molar-refractivity contribution in [3.05, 3.63) is 45.9 Å². The molecule has 4 nitrogen and oxygen atoms in total. The lowest BCUT2D eigenvalue weighted by Gasteiger charge is -2.04. The minimum Gasteiger partial charge on any atom is -0.508 e. The molecular weight excluding hydrogens is 248 g/mol. The highest BCUT2D eigenvalue weighted by atomic mass is 32.1. The van der Waals surface area contributed by atoms with Crippen LogP contribution in [0.1, 0.15) is 21.1 Å². The van der Waals surface area contributed by atoms with E-state index in [1.54, 1.807) is 23.5 Å². The first kappa shape index (κ1) is 12.6. The van der Waals surface area contributed by atoms with Crippen LogP contribution in [0.5, 0.6) is 5.75 Å². The fourth-order valence-corrected chi connectivity index (χ4v) is 2.33. The molecule has 1 heterocycles. The van der Waals surface area contributed by atoms with E-state index in [0.717, 1.165) is 17.1 Å². The fourth-order valence-electron chi connectivity index (χ4n) is 1.55. The fraction of sp³-hybridized carbons (Fsp3) is 0.231. The molecular formula is C13H14N2O2S. The Morgan fingerprint density at radius 1 is 1.50 bits per heavy atom. The Bertz CT molecular complexity index is 551. The largest absolute Gasteiger partial charge is 0.508 e. The molecule has 0 bridgehead atoms. The van der Waals surface area contributed by atoms with Gasteiger partial charge in [0.05, 0.1) is 5.01 Å². The predicted octanol–water partition coefficient (Wildman–Crippen LogP) is 2.13. The van der Waals surface area contributed by atoms with E-state index >= 15 is 0 Å². The number of aryl methyl sites for hydroxylation is 1. The molecule has 94 valence electrons. The first-order valence-electron chi connectivity index (χ1n) is 5.63. The third kappa shape index (κ3) is 3.30. The van der Waals surface area contributed by atoms with E-state index < -0.39 is 0 Å². The van der Waals surface area contributed by atoms with Crippen molar-refractivity contribution in [2.75, 3.05) is 6.54 Å². The number of benzene rings is 1. The number of hydrogen-bond acceptors (Lipinski definition) is 4. The second-order valence-corrected chi connectivity index (χ2v) is 4.88. The van der Waals surface area contributed by atoms with Crippen molar-refractivity contribution in [3.63, 3.8) is 0 Å². The second kappa shape index (κ2) is 5.64. The number of aromatic hydroxyl groups is 1. The number of nitrogens with one attached hydrogen (secondary N) is 1. The molecule has 1 aromatic carbocycles. The first-order chi connectivity index (χ1) is 8.65. The van der Waals surface area contributed by atoms with Gasteiger partial charge in [0.1, 0.15) is 5.75 Å². The lowest BCUT2D eigenvalue weighted by Crippen LogP contribution is -2.25. The molecule has 0 fully saturated rings. The van der Waals surface area contributed by atoms with Crippen molar-refractivity contribution in [3.8, 4) is 5.75 Å². The van der Waals surface area contributed by atoms with Gasteiger partial charge in [0.2, 0.25) is 0 Å². The number of aromatic nitrogens is 1. The van der Waals surface area contributed by atoms with Crippen LogP contribution >= 0.6 is 11.3 Å². The molecule has 5 heteroatoms. The highest BCUT2D eigenvalue weighted by Crippen LogP contribution is 2.11. The van der Waals surface area contributed by atoms with Gasteiger partial charge < -0.3 is 10.4 Å². The van der Waals surface area contributed by atoms with Gasteiger partial charge in [-0.05, 0) is 25.1 Å². The van der Waals surface area contributed by atoms with E-state index in [1.807, 2.05) is 12.3 Å². The summed E-state index contributed by atoms with van der Waals surface area (Å²) in [6, 6.07) is 6.30. The zero-order chi connectivity index (χ0) is 13.0. The van der Waals surface area contributed by atoms with Crippen LogP contribution in [-0.2, 0) is 6.42 Å². The van der Waals surface area contributed by atoms with Crippen LogP contribution in [0.15, 0.2) is 29.6 Å². The van der Waals surface area contributed by atoms with E-state index in [1.165, 1.54) is 12.1 Å². The van der Waals surface area contributed by atoms with Crippen LogP contribution in [-0.4, -0.2) is 22.5 Å². The zero-order valence-electron chi connectivity index (χ0n) is 10.0. The van der Waals surface area contributed by atoms with Crippen molar-refractivity contribution in [1.82, 2.24) is 10.3 Å². The molecule has 2 rings (SSSR count). The van der Waals surface area contributed by atoms with Gasteiger partial charge in [0.15, 0.2) is 0 Å². The van der Waals surface area contributed by atoms with Gasteiger partial charge in [-0.15, -0.1) is 11.3 Å². The first-order valence-corrected chi connectivity index (χ1v) is 6.51. The summed E-state index contributed by atoms with van der Waals surface area (Å²) in [5.41, 5.74) is 1.47. The van der Waals surface area contributed by atoms with Crippen molar-refractivity contribution in [2.45, 2.75) is 13.3 Å². The van der Waals surface area contributed by atoms with Gasteiger partial charge in [-0.25, -0.2) is 4.98 Å². The molecule has 1 amide bonds. The van der Waals surface area contributed by atoms with E-state index in [9.17, 15) is 9.90 Å². The van der Waals surface area contributed by atoms with Crippen molar-refractivity contribution < 1.29 is 9.90 Å². The summed E-state index contributed by atoms with van der Waals surface area (Å²) in [4.78, 5) is 16.1. The van der Waals surface area contributed by atoms with E-state index in [4.69, 9.17) is 0 Å². The second-order valence-electron chi connectivity index (χ2n) is 3.94. The molecule has 0 saturated carbocycles. The third-order valence-electron chi connectivity index (χ3n) is 2.40. The molecule has 0 aliphatic rings. The lowest BCUT2D eigenvalue weighted by molar-refractivity contribution is 0.0953. The molecule has 2 N–H and O–H groups in total. The Balaban J connectivity index is 1.85. The summed E-state index contributed by atoms with van der Waals surface area (Å²) in [5, 5.41) is 15.1. The highest BCUT2D eigenvalue weighted by molar-refractivity contribution is 7.09. The molecule has 0 aliphatic heterocycles. The molecule has 18 heavy (non-hydrogen) atoms. The lowest BCUT2D eigenvalue weighted by atomic mass is 10.2. The maximum atomic E-state index is 11.8. The summed E-state index contributed by atoms with van der Waals surface area (Å²) in [6.07, 6.45) is 0.725. The molecule has 0 unspecified atom stereocenters. The Morgan fingerprint density at radius 2 is 2.33 bits per heavy atom. The standard InChI is InChI=1S/C13H14N2O2S/c1-9-8-18-12(15-9)5-6-14-13(17)10-3-2-4-11(16)7-10/h2-4,7-8,16H,5-6H2,1H3,(H,14,17). The third-order valence-corrected chi connectivity index (χ3v) is 3.43. The van der Waals surface area contributed by atoms with Gasteiger partial charge in [-0.3, -0.25) is 4.79 Å². The molecule has 0 atom stereocenters. The number of amides is 1. The Labute approximate surface area is 109 Å². The van der Waals surface area contributed by atoms with Gasteiger partial charge in [0, 0.05) is 29.6 Å². The van der Waals surface area contributed by atoms with Gasteiger partial charge in [-0.2, -0.15) is 0 Å². The average Bonchev–Trinajstić information content (AvgIpc) is 2.75. The van der Waals surface area contributed by atoms with Crippen molar-refractivity contribution >= 4 is 17.2 Å². The van der Waals surface area contributed by atoms with Crippen molar-refractivity contribution in [1.29, 1.82) is 0 Å². The minimum atomic E-state index is -0.181.